The molecular formula is C24H29F4N7. The topological polar surface area (TPSA) is 72.9 Å². The molecule has 1 N–H and O–H groups in total. The number of anilines is 1. The number of alkyl halides is 4. The van der Waals surface area contributed by atoms with E-state index in [0.29, 0.717) is 28.9 Å². The van der Waals surface area contributed by atoms with E-state index in [0.717, 1.165) is 42.3 Å². The molecule has 1 saturated carbocycles. The van der Waals surface area contributed by atoms with Gasteiger partial charge in [0, 0.05) is 37.0 Å². The van der Waals surface area contributed by atoms with Crippen LogP contribution in [0.25, 0.3) is 27.8 Å². The summed E-state index contributed by atoms with van der Waals surface area (Å²) in [6.07, 6.45) is 6.46. The number of fused-ring (bicyclic) bond motifs is 2. The maximum Gasteiger partial charge on any atom is 0.256 e. The van der Waals surface area contributed by atoms with E-state index < -0.39 is 19.4 Å². The minimum Gasteiger partial charge on any atom is -0.356 e. The molecule has 11 heteroatoms. The van der Waals surface area contributed by atoms with Crippen LogP contribution in [0.1, 0.15) is 44.3 Å². The monoisotopic (exact) mass is 491 g/mol. The Labute approximate surface area is 200 Å². The maximum atomic E-state index is 12.9. The summed E-state index contributed by atoms with van der Waals surface area (Å²) >= 11 is 0. The second-order valence-corrected chi connectivity index (χ2v) is 8.75. The fourth-order valence-electron chi connectivity index (χ4n) is 4.57. The molecule has 0 radical (unpaired) electrons. The van der Waals surface area contributed by atoms with Gasteiger partial charge >= 0.3 is 0 Å². The Bertz CT molecular complexity index is 1260. The molecule has 0 atom stereocenters. The summed E-state index contributed by atoms with van der Waals surface area (Å²) in [7, 11) is 1.75. The lowest BCUT2D eigenvalue weighted by Gasteiger charge is -2.20. The molecule has 0 aromatic carbocycles. The number of nitrogens with one attached hydrogen (secondary N) is 1. The number of aromatic nitrogens is 6. The first-order chi connectivity index (χ1) is 16.9. The molecule has 7 nitrogen and oxygen atoms in total. The van der Waals surface area contributed by atoms with E-state index in [2.05, 4.69) is 25.4 Å². The number of halogens is 4. The van der Waals surface area contributed by atoms with Crippen LogP contribution >= 0.6 is 0 Å². The van der Waals surface area contributed by atoms with Gasteiger partial charge < -0.3 is 9.88 Å². The van der Waals surface area contributed by atoms with Gasteiger partial charge in [-0.1, -0.05) is 32.1 Å². The third-order valence-electron chi connectivity index (χ3n) is 6.30. The van der Waals surface area contributed by atoms with Gasteiger partial charge in [-0.15, -0.1) is 5.10 Å². The third-order valence-corrected chi connectivity index (χ3v) is 6.30. The average Bonchev–Trinajstić information content (AvgIpc) is 3.39. The molecule has 0 unspecified atom stereocenters. The minimum atomic E-state index is -2.46. The van der Waals surface area contributed by atoms with E-state index >= 15 is 0 Å². The van der Waals surface area contributed by atoms with E-state index in [1.165, 1.54) is 11.0 Å². The second-order valence-electron chi connectivity index (χ2n) is 8.75. The summed E-state index contributed by atoms with van der Waals surface area (Å²) in [6.45, 7) is 1.29. The fourth-order valence-corrected chi connectivity index (χ4v) is 4.57. The van der Waals surface area contributed by atoms with Crippen LogP contribution in [-0.4, -0.2) is 49.0 Å². The highest BCUT2D eigenvalue weighted by Crippen LogP contribution is 2.29. The number of nitrogens with zero attached hydrogens (tertiary/aromatic N) is 6. The van der Waals surface area contributed by atoms with Crippen LogP contribution in [0.4, 0.5) is 23.5 Å². The molecule has 4 aromatic heterocycles. The Morgan fingerprint density at radius 2 is 1.80 bits per heavy atom. The first-order valence-electron chi connectivity index (χ1n) is 11.8. The Hall–Kier alpha value is -3.24. The predicted molar refractivity (Wildman–Crippen MR) is 127 cm³/mol. The molecule has 5 rings (SSSR count). The van der Waals surface area contributed by atoms with Gasteiger partial charge in [-0.3, -0.25) is 0 Å². The van der Waals surface area contributed by atoms with Crippen molar-refractivity contribution < 1.29 is 17.6 Å². The lowest BCUT2D eigenvalue weighted by molar-refractivity contribution is 0.104. The Morgan fingerprint density at radius 3 is 2.49 bits per heavy atom. The molecule has 0 saturated heterocycles. The largest absolute Gasteiger partial charge is 0.356 e. The lowest BCUT2D eigenvalue weighted by atomic mass is 9.87. The van der Waals surface area contributed by atoms with Crippen LogP contribution in [0, 0.1) is 12.8 Å². The van der Waals surface area contributed by atoms with Gasteiger partial charge in [-0.2, -0.15) is 0 Å². The molecule has 1 aliphatic carbocycles. The molecule has 0 bridgehead atoms. The summed E-state index contributed by atoms with van der Waals surface area (Å²) in [4.78, 5) is 12.8. The van der Waals surface area contributed by atoms with E-state index in [1.54, 1.807) is 30.9 Å². The highest BCUT2D eigenvalue weighted by molar-refractivity contribution is 5.85. The summed E-state index contributed by atoms with van der Waals surface area (Å²) < 4.78 is 52.6. The van der Waals surface area contributed by atoms with Gasteiger partial charge in [0.1, 0.15) is 5.82 Å². The molecule has 1 fully saturated rings. The Balaban J connectivity index is 0.000000243. The standard InChI is InChI=1S/C16H15F2N7.C8H14F2/c1-9-22-15-12(24(9)8-14(17)18)5-10(6-20-15)11-3-4-25-13(11)7-21-16(19-2)23-25;9-8(10)6-7-4-2-1-3-5-7/h3-7,14H,8H2,1-2H3,(H,19,23);7-8H,1-6H2. The number of pyridine rings is 1. The predicted octanol–water partition coefficient (Wildman–Crippen LogP) is 5.98. The summed E-state index contributed by atoms with van der Waals surface area (Å²) in [5.41, 5.74) is 3.52. The molecule has 4 aromatic rings. The number of imidazole rings is 1. The van der Waals surface area contributed by atoms with Gasteiger partial charge in [-0.25, -0.2) is 37.0 Å². The molecule has 1 aliphatic rings. The zero-order valence-electron chi connectivity index (χ0n) is 19.8. The van der Waals surface area contributed by atoms with Gasteiger partial charge in [0.15, 0.2) is 5.65 Å². The summed E-state index contributed by atoms with van der Waals surface area (Å²) in [5, 5.41) is 7.20. The molecule has 0 amide bonds. The highest BCUT2D eigenvalue weighted by atomic mass is 19.3. The zero-order valence-corrected chi connectivity index (χ0v) is 19.8. The first-order valence-corrected chi connectivity index (χ1v) is 11.8. The van der Waals surface area contributed by atoms with Crippen LogP contribution in [0.5, 0.6) is 0 Å². The van der Waals surface area contributed by atoms with Crippen LogP contribution in [0.15, 0.2) is 30.7 Å². The van der Waals surface area contributed by atoms with Crippen molar-refractivity contribution in [2.24, 2.45) is 5.92 Å². The minimum absolute atomic E-state index is 0.139. The summed E-state index contributed by atoms with van der Waals surface area (Å²) in [5.74, 6) is 1.35. The number of rotatable bonds is 6. The van der Waals surface area contributed by atoms with Crippen LogP contribution < -0.4 is 5.32 Å². The number of aryl methyl sites for hydroxylation is 1. The van der Waals surface area contributed by atoms with E-state index in [-0.39, 0.29) is 6.42 Å². The number of hydrogen-bond donors (Lipinski definition) is 1. The van der Waals surface area contributed by atoms with Crippen LogP contribution in [0.2, 0.25) is 0 Å². The summed E-state index contributed by atoms with van der Waals surface area (Å²) in [6, 6.07) is 3.72. The van der Waals surface area contributed by atoms with Crippen molar-refractivity contribution in [3.8, 4) is 11.1 Å². The fraction of sp³-hybridized carbons (Fsp3) is 0.500. The third kappa shape index (κ3) is 5.88. The van der Waals surface area contributed by atoms with E-state index in [9.17, 15) is 17.6 Å². The Morgan fingerprint density at radius 1 is 1.03 bits per heavy atom. The van der Waals surface area contributed by atoms with E-state index in [4.69, 9.17) is 0 Å². The van der Waals surface area contributed by atoms with Gasteiger partial charge in [-0.05, 0) is 25.0 Å². The lowest BCUT2D eigenvalue weighted by Crippen LogP contribution is -2.09. The van der Waals surface area contributed by atoms with E-state index in [1.807, 2.05) is 18.3 Å². The second kappa shape index (κ2) is 11.0. The van der Waals surface area contributed by atoms with Crippen LogP contribution in [0.3, 0.4) is 0 Å². The zero-order chi connectivity index (χ0) is 24.9. The normalized spacial score (nSPS) is 14.6. The number of hydrogen-bond acceptors (Lipinski definition) is 5. The highest BCUT2D eigenvalue weighted by Gasteiger charge is 2.17. The quantitative estimate of drug-likeness (QED) is 0.336. The van der Waals surface area contributed by atoms with Crippen molar-refractivity contribution in [3.63, 3.8) is 0 Å². The molecule has 0 spiro atoms. The smallest absolute Gasteiger partial charge is 0.256 e. The van der Waals surface area contributed by atoms with Crippen molar-refractivity contribution in [2.45, 2.75) is 64.8 Å². The van der Waals surface area contributed by atoms with Crippen molar-refractivity contribution in [1.29, 1.82) is 0 Å². The molecule has 0 aliphatic heterocycles. The van der Waals surface area contributed by atoms with Crippen molar-refractivity contribution in [2.75, 3.05) is 12.4 Å². The molecule has 188 valence electrons. The van der Waals surface area contributed by atoms with Crippen molar-refractivity contribution >= 4 is 22.6 Å². The molecule has 4 heterocycles. The molecule has 35 heavy (non-hydrogen) atoms. The van der Waals surface area contributed by atoms with Gasteiger partial charge in [0.05, 0.1) is 23.8 Å². The average molecular weight is 492 g/mol. The van der Waals surface area contributed by atoms with Crippen LogP contribution in [-0.2, 0) is 6.54 Å². The Kier molecular flexibility index (Phi) is 7.82. The van der Waals surface area contributed by atoms with Crippen molar-refractivity contribution in [1.82, 2.24) is 29.1 Å². The SMILES string of the molecule is CNc1ncc2c(-c3cnc4nc(C)n(CC(F)F)c4c3)ccn2n1.FC(F)CC1CCCCC1. The van der Waals surface area contributed by atoms with Gasteiger partial charge in [0.25, 0.3) is 6.43 Å². The maximum absolute atomic E-state index is 12.9. The molecular weight excluding hydrogens is 462 g/mol. The van der Waals surface area contributed by atoms with Crippen molar-refractivity contribution in [3.05, 3.63) is 36.5 Å². The van der Waals surface area contributed by atoms with Gasteiger partial charge in [0.2, 0.25) is 12.4 Å². The first kappa shape index (κ1) is 24.9.